The zero-order valence-corrected chi connectivity index (χ0v) is 12.8. The summed E-state index contributed by atoms with van der Waals surface area (Å²) in [6.45, 7) is 0.606. The average Bonchev–Trinajstić information content (AvgIpc) is 3.18. The second-order valence-electron chi connectivity index (χ2n) is 6.78. The number of carboxylic acids is 1. The van der Waals surface area contributed by atoms with Gasteiger partial charge in [0.05, 0.1) is 12.0 Å². The van der Waals surface area contributed by atoms with E-state index in [1.165, 1.54) is 0 Å². The molecular weight excluding hydrogens is 296 g/mol. The zero-order chi connectivity index (χ0) is 16.2. The van der Waals surface area contributed by atoms with E-state index in [1.807, 2.05) is 30.5 Å². The van der Waals surface area contributed by atoms with Crippen LogP contribution in [0.5, 0.6) is 0 Å². The number of hydrogen-bond donors (Lipinski definition) is 2. The third-order valence-corrected chi connectivity index (χ3v) is 5.10. The van der Waals surface area contributed by atoms with Crippen LogP contribution in [0.3, 0.4) is 0 Å². The monoisotopic (exact) mass is 314 g/mol. The Morgan fingerprint density at radius 2 is 2.13 bits per heavy atom. The molecule has 3 aliphatic rings. The topological polar surface area (TPSA) is 82.6 Å². The van der Waals surface area contributed by atoms with E-state index in [2.05, 4.69) is 4.98 Å². The molecule has 1 aliphatic carbocycles. The van der Waals surface area contributed by atoms with Gasteiger partial charge < -0.3 is 19.7 Å². The van der Waals surface area contributed by atoms with Gasteiger partial charge in [0.15, 0.2) is 0 Å². The van der Waals surface area contributed by atoms with Gasteiger partial charge in [0.25, 0.3) is 5.91 Å². The summed E-state index contributed by atoms with van der Waals surface area (Å²) in [5.41, 5.74) is 0.282. The summed E-state index contributed by atoms with van der Waals surface area (Å²) in [4.78, 5) is 28.7. The van der Waals surface area contributed by atoms with Crippen molar-refractivity contribution in [3.63, 3.8) is 0 Å². The van der Waals surface area contributed by atoms with Gasteiger partial charge in [-0.05, 0) is 23.1 Å². The largest absolute Gasteiger partial charge is 0.481 e. The van der Waals surface area contributed by atoms with Crippen molar-refractivity contribution in [1.29, 1.82) is 0 Å². The van der Waals surface area contributed by atoms with Gasteiger partial charge >= 0.3 is 5.97 Å². The Labute approximate surface area is 133 Å². The molecule has 23 heavy (non-hydrogen) atoms. The number of amides is 1. The highest BCUT2D eigenvalue weighted by Crippen LogP contribution is 2.58. The Morgan fingerprint density at radius 3 is 2.83 bits per heavy atom. The summed E-state index contributed by atoms with van der Waals surface area (Å²) < 4.78 is 5.58. The number of aliphatic carboxylic acids is 1. The number of fused-ring (bicyclic) bond motifs is 2. The summed E-state index contributed by atoms with van der Waals surface area (Å²) in [6.07, 6.45) is 2.46. The number of rotatable bonds is 4. The van der Waals surface area contributed by atoms with Gasteiger partial charge in [0.2, 0.25) is 0 Å². The van der Waals surface area contributed by atoms with Crippen LogP contribution >= 0.6 is 0 Å². The van der Waals surface area contributed by atoms with Gasteiger partial charge in [0, 0.05) is 38.1 Å². The normalized spacial score (nSPS) is 28.6. The van der Waals surface area contributed by atoms with Crippen LogP contribution in [0.25, 0.3) is 10.9 Å². The summed E-state index contributed by atoms with van der Waals surface area (Å²) in [5, 5.41) is 10.4. The van der Waals surface area contributed by atoms with Crippen LogP contribution < -0.4 is 0 Å². The number of benzene rings is 1. The molecular formula is C17H18N2O4. The molecule has 2 aromatic rings. The lowest BCUT2D eigenvalue weighted by molar-refractivity contribution is -0.164. The van der Waals surface area contributed by atoms with Crippen LogP contribution in [0.4, 0.5) is 0 Å². The number of aromatic amines is 1. The Balaban J connectivity index is 1.48. The second-order valence-corrected chi connectivity index (χ2v) is 6.78. The Hall–Kier alpha value is -2.34. The third-order valence-electron chi connectivity index (χ3n) is 5.10. The van der Waals surface area contributed by atoms with Crippen molar-refractivity contribution in [3.05, 3.63) is 36.0 Å². The fraction of sp³-hybridized carbons (Fsp3) is 0.412. The maximum Gasteiger partial charge on any atom is 0.312 e. The van der Waals surface area contributed by atoms with Crippen LogP contribution in [-0.2, 0) is 20.9 Å². The Bertz CT molecular complexity index is 804. The third kappa shape index (κ3) is 1.98. The molecule has 0 atom stereocenters. The molecule has 120 valence electrons. The predicted molar refractivity (Wildman–Crippen MR) is 82.8 cm³/mol. The summed E-state index contributed by atoms with van der Waals surface area (Å²) in [6, 6.07) is 8.03. The van der Waals surface area contributed by atoms with Gasteiger partial charge in [-0.15, -0.1) is 0 Å². The maximum absolute atomic E-state index is 12.7. The molecule has 2 bridgehead atoms. The van der Waals surface area contributed by atoms with Gasteiger partial charge in [-0.25, -0.2) is 0 Å². The first kappa shape index (κ1) is 14.3. The van der Waals surface area contributed by atoms with E-state index in [4.69, 9.17) is 4.74 Å². The number of likely N-dealkylation sites (N-methyl/N-ethyl adjacent to an activating group) is 1. The summed E-state index contributed by atoms with van der Waals surface area (Å²) in [7, 11) is 1.73. The molecule has 5 rings (SSSR count). The number of carboxylic acid groups (broad SMARTS) is 1. The van der Waals surface area contributed by atoms with Crippen LogP contribution in [0.15, 0.2) is 30.5 Å². The van der Waals surface area contributed by atoms with Gasteiger partial charge in [-0.1, -0.05) is 12.1 Å². The lowest BCUT2D eigenvalue weighted by atomic mass is 9.62. The fourth-order valence-corrected chi connectivity index (χ4v) is 3.83. The number of aromatic nitrogens is 1. The number of carbonyl (C=O) groups excluding carboxylic acids is 1. The number of nitrogens with one attached hydrogen (secondary N) is 1. The van der Waals surface area contributed by atoms with Crippen molar-refractivity contribution in [2.45, 2.75) is 25.0 Å². The van der Waals surface area contributed by atoms with E-state index in [0.29, 0.717) is 6.54 Å². The van der Waals surface area contributed by atoms with Crippen LogP contribution in [0, 0.1) is 5.41 Å². The minimum absolute atomic E-state index is 0.126. The average molecular weight is 314 g/mol. The fourth-order valence-electron chi connectivity index (χ4n) is 3.83. The number of carbonyl (C=O) groups is 2. The van der Waals surface area contributed by atoms with Crippen LogP contribution in [0.1, 0.15) is 18.4 Å². The molecule has 2 aliphatic heterocycles. The Kier molecular flexibility index (Phi) is 2.84. The van der Waals surface area contributed by atoms with Gasteiger partial charge in [-0.2, -0.15) is 0 Å². The quantitative estimate of drug-likeness (QED) is 0.901. The van der Waals surface area contributed by atoms with Crippen molar-refractivity contribution in [3.8, 4) is 0 Å². The molecule has 1 saturated carbocycles. The van der Waals surface area contributed by atoms with Gasteiger partial charge in [0.1, 0.15) is 5.60 Å². The molecule has 0 spiro atoms. The Morgan fingerprint density at radius 1 is 1.35 bits per heavy atom. The first-order valence-corrected chi connectivity index (χ1v) is 7.63. The van der Waals surface area contributed by atoms with Crippen molar-refractivity contribution >= 4 is 22.8 Å². The molecule has 2 saturated heterocycles. The second kappa shape index (κ2) is 4.58. The molecule has 6 heteroatoms. The first-order chi connectivity index (χ1) is 10.9. The van der Waals surface area contributed by atoms with E-state index in [-0.39, 0.29) is 25.4 Å². The molecule has 1 amide bonds. The predicted octanol–water partition coefficient (Wildman–Crippen LogP) is 1.76. The van der Waals surface area contributed by atoms with E-state index in [0.717, 1.165) is 16.5 Å². The number of hydrogen-bond acceptors (Lipinski definition) is 3. The molecule has 1 aromatic carbocycles. The molecule has 3 fully saturated rings. The molecule has 0 radical (unpaired) electrons. The zero-order valence-electron chi connectivity index (χ0n) is 12.8. The van der Waals surface area contributed by atoms with E-state index < -0.39 is 17.0 Å². The number of H-pyrrole nitrogens is 1. The summed E-state index contributed by atoms with van der Waals surface area (Å²) >= 11 is 0. The van der Waals surface area contributed by atoms with Crippen LogP contribution in [0.2, 0.25) is 0 Å². The van der Waals surface area contributed by atoms with E-state index in [1.54, 1.807) is 11.9 Å². The highest BCUT2D eigenvalue weighted by atomic mass is 16.5. The number of nitrogens with zero attached hydrogens (tertiary/aromatic N) is 1. The minimum atomic E-state index is -0.927. The molecule has 2 N–H and O–H groups in total. The summed E-state index contributed by atoms with van der Waals surface area (Å²) in [5.74, 6) is -0.989. The lowest BCUT2D eigenvalue weighted by Crippen LogP contribution is -2.57. The number of ether oxygens (including phenoxy) is 1. The van der Waals surface area contributed by atoms with E-state index >= 15 is 0 Å². The smallest absolute Gasteiger partial charge is 0.312 e. The standard InChI is InChI=1S/C17H18N2O4/c1-19(7-11-2-3-12-4-5-18-13(12)6-11)14(20)17-8-16(9-17,10-23-17)15(21)22/h2-6,18H,7-10H2,1H3,(H,21,22). The van der Waals surface area contributed by atoms with Crippen molar-refractivity contribution in [2.24, 2.45) is 5.41 Å². The SMILES string of the molecule is CN(Cc1ccc2cc[nH]c2c1)C(=O)C12CC(C(=O)O)(CO1)C2. The molecule has 0 unspecified atom stereocenters. The van der Waals surface area contributed by atoms with Crippen LogP contribution in [-0.4, -0.2) is 46.1 Å². The van der Waals surface area contributed by atoms with Crippen molar-refractivity contribution < 1.29 is 19.4 Å². The van der Waals surface area contributed by atoms with Crippen molar-refractivity contribution in [1.82, 2.24) is 9.88 Å². The van der Waals surface area contributed by atoms with Crippen molar-refractivity contribution in [2.75, 3.05) is 13.7 Å². The molecule has 1 aromatic heterocycles. The lowest BCUT2D eigenvalue weighted by Gasteiger charge is -2.42. The molecule has 6 nitrogen and oxygen atoms in total. The van der Waals surface area contributed by atoms with Gasteiger partial charge in [-0.3, -0.25) is 9.59 Å². The first-order valence-electron chi connectivity index (χ1n) is 7.63. The minimum Gasteiger partial charge on any atom is -0.481 e. The van der Waals surface area contributed by atoms with E-state index in [9.17, 15) is 14.7 Å². The highest BCUT2D eigenvalue weighted by Gasteiger charge is 2.70. The maximum atomic E-state index is 12.7. The highest BCUT2D eigenvalue weighted by molar-refractivity contribution is 5.92. The molecule has 3 heterocycles.